The zero-order valence-electron chi connectivity index (χ0n) is 20.2. The summed E-state index contributed by atoms with van der Waals surface area (Å²) in [5.74, 6) is 1.00. The Kier molecular flexibility index (Phi) is 6.01. The summed E-state index contributed by atoms with van der Waals surface area (Å²) in [6, 6.07) is 21.7. The Hall–Kier alpha value is -2.11. The van der Waals surface area contributed by atoms with Gasteiger partial charge >= 0.3 is 6.09 Å². The molecule has 1 N–H and O–H groups in total. The van der Waals surface area contributed by atoms with Crippen molar-refractivity contribution in [1.82, 2.24) is 5.32 Å². The maximum absolute atomic E-state index is 12.4. The van der Waals surface area contributed by atoms with Crippen LogP contribution in [-0.4, -0.2) is 32.2 Å². The summed E-state index contributed by atoms with van der Waals surface area (Å²) in [5, 5.41) is 5.70. The fraction of sp³-hybridized carbons (Fsp3) is 0.519. The van der Waals surface area contributed by atoms with Crippen molar-refractivity contribution in [2.75, 3.05) is 0 Å². The van der Waals surface area contributed by atoms with Crippen LogP contribution in [0.1, 0.15) is 54.4 Å². The summed E-state index contributed by atoms with van der Waals surface area (Å²) in [4.78, 5) is 12.4. The highest BCUT2D eigenvalue weighted by molar-refractivity contribution is 6.99. The van der Waals surface area contributed by atoms with E-state index in [1.807, 2.05) is 20.8 Å². The first-order chi connectivity index (χ1) is 15.0. The molecule has 0 aromatic heterocycles. The van der Waals surface area contributed by atoms with Gasteiger partial charge < -0.3 is 14.5 Å². The number of nitrogens with one attached hydrogen (secondary N) is 1. The van der Waals surface area contributed by atoms with Gasteiger partial charge in [0.05, 0.1) is 6.10 Å². The van der Waals surface area contributed by atoms with Gasteiger partial charge in [-0.3, -0.25) is 0 Å². The number of fused-ring (bicyclic) bond motifs is 1. The van der Waals surface area contributed by atoms with Crippen molar-refractivity contribution in [3.63, 3.8) is 0 Å². The molecule has 4 rings (SSSR count). The molecule has 2 saturated carbocycles. The van der Waals surface area contributed by atoms with Crippen molar-refractivity contribution in [2.24, 2.45) is 11.8 Å². The lowest BCUT2D eigenvalue weighted by Gasteiger charge is -2.45. The maximum Gasteiger partial charge on any atom is 0.407 e. The van der Waals surface area contributed by atoms with Gasteiger partial charge in [0.2, 0.25) is 0 Å². The molecular formula is C27H37NO3Si. The number of hydrogen-bond acceptors (Lipinski definition) is 3. The minimum absolute atomic E-state index is 0.0449. The first kappa shape index (κ1) is 23.1. The predicted molar refractivity (Wildman–Crippen MR) is 132 cm³/mol. The third kappa shape index (κ3) is 4.51. The lowest BCUT2D eigenvalue weighted by molar-refractivity contribution is 0.0494. The van der Waals surface area contributed by atoms with Crippen LogP contribution in [0.5, 0.6) is 0 Å². The van der Waals surface area contributed by atoms with Gasteiger partial charge in [-0.25, -0.2) is 4.79 Å². The zero-order valence-corrected chi connectivity index (χ0v) is 21.2. The molecule has 2 fully saturated rings. The van der Waals surface area contributed by atoms with Crippen molar-refractivity contribution >= 4 is 24.8 Å². The molecule has 1 amide bonds. The van der Waals surface area contributed by atoms with Crippen LogP contribution in [0.2, 0.25) is 5.04 Å². The third-order valence-corrected chi connectivity index (χ3v) is 11.9. The molecule has 0 aliphatic heterocycles. The van der Waals surface area contributed by atoms with E-state index in [4.69, 9.17) is 9.16 Å². The van der Waals surface area contributed by atoms with E-state index in [9.17, 15) is 4.79 Å². The molecule has 2 aliphatic carbocycles. The lowest BCUT2D eigenvalue weighted by atomic mass is 10.1. The number of alkyl carbamates (subject to hydrolysis) is 1. The van der Waals surface area contributed by atoms with Crippen LogP contribution in [-0.2, 0) is 9.16 Å². The van der Waals surface area contributed by atoms with Gasteiger partial charge in [-0.05, 0) is 60.9 Å². The topological polar surface area (TPSA) is 47.6 Å². The maximum atomic E-state index is 12.4. The largest absolute Gasteiger partial charge is 0.444 e. The number of rotatable bonds is 5. The van der Waals surface area contributed by atoms with E-state index in [1.54, 1.807) is 0 Å². The number of carbonyl (C=O) groups is 1. The Morgan fingerprint density at radius 1 is 0.844 bits per heavy atom. The van der Waals surface area contributed by atoms with Gasteiger partial charge in [0.25, 0.3) is 8.32 Å². The average Bonchev–Trinajstić information content (AvgIpc) is 3.44. The lowest BCUT2D eigenvalue weighted by Crippen LogP contribution is -2.67. The van der Waals surface area contributed by atoms with E-state index in [0.717, 1.165) is 12.8 Å². The molecule has 0 spiro atoms. The summed E-state index contributed by atoms with van der Waals surface area (Å²) in [6.45, 7) is 12.6. The Labute approximate surface area is 193 Å². The van der Waals surface area contributed by atoms with Crippen LogP contribution in [0, 0.1) is 11.8 Å². The second-order valence-electron chi connectivity index (χ2n) is 11.4. The molecular weight excluding hydrogens is 414 g/mol. The smallest absolute Gasteiger partial charge is 0.407 e. The fourth-order valence-electron chi connectivity index (χ4n) is 5.40. The molecule has 0 unspecified atom stereocenters. The molecule has 0 heterocycles. The molecule has 4 atom stereocenters. The molecule has 172 valence electrons. The van der Waals surface area contributed by atoms with Crippen LogP contribution in [0.4, 0.5) is 4.79 Å². The molecule has 5 heteroatoms. The van der Waals surface area contributed by atoms with Crippen LogP contribution < -0.4 is 15.7 Å². The van der Waals surface area contributed by atoms with Gasteiger partial charge in [-0.15, -0.1) is 0 Å². The first-order valence-electron chi connectivity index (χ1n) is 11.8. The molecule has 2 aliphatic rings. The minimum Gasteiger partial charge on any atom is -0.444 e. The molecule has 32 heavy (non-hydrogen) atoms. The molecule has 2 aromatic carbocycles. The highest BCUT2D eigenvalue weighted by atomic mass is 28.4. The van der Waals surface area contributed by atoms with E-state index in [0.29, 0.717) is 11.8 Å². The average molecular weight is 452 g/mol. The number of ether oxygens (including phenoxy) is 1. The van der Waals surface area contributed by atoms with Gasteiger partial charge in [0.1, 0.15) is 5.60 Å². The Bertz CT molecular complexity index is 893. The molecule has 4 nitrogen and oxygen atoms in total. The first-order valence-corrected chi connectivity index (χ1v) is 13.7. The zero-order chi connectivity index (χ0) is 23.1. The summed E-state index contributed by atoms with van der Waals surface area (Å²) in [7, 11) is -2.58. The second-order valence-corrected chi connectivity index (χ2v) is 15.6. The van der Waals surface area contributed by atoms with E-state index < -0.39 is 13.9 Å². The van der Waals surface area contributed by atoms with Gasteiger partial charge in [0, 0.05) is 6.04 Å². The van der Waals surface area contributed by atoms with Crippen molar-refractivity contribution in [3.05, 3.63) is 60.7 Å². The number of amides is 1. The number of carbonyl (C=O) groups excluding carboxylic acids is 1. The van der Waals surface area contributed by atoms with E-state index >= 15 is 0 Å². The summed E-state index contributed by atoms with van der Waals surface area (Å²) < 4.78 is 12.9. The number of hydrogen-bond donors (Lipinski definition) is 1. The van der Waals surface area contributed by atoms with Gasteiger partial charge in [0.15, 0.2) is 0 Å². The van der Waals surface area contributed by atoms with Crippen LogP contribution in [0.15, 0.2) is 60.7 Å². The van der Waals surface area contributed by atoms with Crippen molar-refractivity contribution < 1.29 is 14.0 Å². The molecule has 0 saturated heterocycles. The highest BCUT2D eigenvalue weighted by Gasteiger charge is 2.60. The standard InChI is InChI=1S/C27H37NO3Si/c1-26(2,3)30-25(29)28-23-18-24(22-17-21(22)23)31-32(27(4,5)6,19-13-9-7-10-14-19)20-15-11-8-12-16-20/h7-16,21-24H,17-18H2,1-6H3,(H,28,29)/t21-,22+,23-,24+/m1/s1. The van der Waals surface area contributed by atoms with Crippen molar-refractivity contribution in [1.29, 1.82) is 0 Å². The Morgan fingerprint density at radius 2 is 1.38 bits per heavy atom. The number of benzene rings is 2. The van der Waals surface area contributed by atoms with E-state index in [2.05, 4.69) is 86.8 Å². The van der Waals surface area contributed by atoms with E-state index in [1.165, 1.54) is 10.4 Å². The van der Waals surface area contributed by atoms with E-state index in [-0.39, 0.29) is 23.3 Å². The van der Waals surface area contributed by atoms with Gasteiger partial charge in [-0.1, -0.05) is 81.4 Å². The minimum atomic E-state index is -2.58. The second kappa shape index (κ2) is 8.34. The SMILES string of the molecule is CC(C)(C)OC(=O)N[C@@H]1C[C@H](O[Si](c2ccccc2)(c2ccccc2)C(C)(C)C)[C@H]2C[C@H]21. The summed E-state index contributed by atoms with van der Waals surface area (Å²) in [5.41, 5.74) is -0.490. The normalized spacial score (nSPS) is 25.2. The molecule has 2 aromatic rings. The Balaban J connectivity index is 1.63. The fourth-order valence-corrected chi connectivity index (χ4v) is 10.1. The van der Waals surface area contributed by atoms with Gasteiger partial charge in [-0.2, -0.15) is 0 Å². The predicted octanol–water partition coefficient (Wildman–Crippen LogP) is 4.86. The monoisotopic (exact) mass is 451 g/mol. The van der Waals surface area contributed by atoms with Crippen LogP contribution >= 0.6 is 0 Å². The summed E-state index contributed by atoms with van der Waals surface area (Å²) >= 11 is 0. The summed E-state index contributed by atoms with van der Waals surface area (Å²) in [6.07, 6.45) is 1.79. The highest BCUT2D eigenvalue weighted by Crippen LogP contribution is 2.55. The van der Waals surface area contributed by atoms with Crippen LogP contribution in [0.3, 0.4) is 0 Å². The molecule has 0 bridgehead atoms. The van der Waals surface area contributed by atoms with Crippen molar-refractivity contribution in [2.45, 2.75) is 77.2 Å². The van der Waals surface area contributed by atoms with Crippen LogP contribution in [0.25, 0.3) is 0 Å². The molecule has 0 radical (unpaired) electrons. The van der Waals surface area contributed by atoms with Crippen molar-refractivity contribution in [3.8, 4) is 0 Å². The quantitative estimate of drug-likeness (QED) is 0.660. The Morgan fingerprint density at radius 3 is 1.84 bits per heavy atom. The third-order valence-electron chi connectivity index (χ3n) is 6.82.